The van der Waals surface area contributed by atoms with Crippen LogP contribution in [0.1, 0.15) is 32.6 Å². The standard InChI is InChI=1S/C14H21N3O/c1-10(2)11(7-8-15)5-6-13-17-14-12(18-13)4-3-9-16-14/h3-4,9-11H,5-8,15H2,1-2H3. The van der Waals surface area contributed by atoms with E-state index in [-0.39, 0.29) is 0 Å². The van der Waals surface area contributed by atoms with E-state index in [9.17, 15) is 0 Å². The first kappa shape index (κ1) is 13.0. The molecule has 2 aromatic rings. The van der Waals surface area contributed by atoms with Gasteiger partial charge in [0.05, 0.1) is 0 Å². The second kappa shape index (κ2) is 5.96. The largest absolute Gasteiger partial charge is 0.439 e. The molecule has 18 heavy (non-hydrogen) atoms. The Bertz CT molecular complexity index is 459. The van der Waals surface area contributed by atoms with Crippen LogP contribution in [-0.2, 0) is 6.42 Å². The molecule has 0 saturated carbocycles. The number of nitrogens with two attached hydrogens (primary N) is 1. The molecule has 0 aromatic carbocycles. The summed E-state index contributed by atoms with van der Waals surface area (Å²) < 4.78 is 5.67. The minimum absolute atomic E-state index is 0.637. The van der Waals surface area contributed by atoms with Crippen molar-refractivity contribution in [2.45, 2.75) is 33.1 Å². The van der Waals surface area contributed by atoms with E-state index in [0.717, 1.165) is 37.3 Å². The number of fused-ring (bicyclic) bond motifs is 1. The molecule has 0 bridgehead atoms. The molecule has 0 saturated heterocycles. The SMILES string of the molecule is CC(C)C(CCN)CCc1nc2ncccc2o1. The normalized spacial score (nSPS) is 13.3. The Hall–Kier alpha value is -1.42. The maximum absolute atomic E-state index is 5.67. The van der Waals surface area contributed by atoms with Gasteiger partial charge in [-0.15, -0.1) is 0 Å². The van der Waals surface area contributed by atoms with Crippen LogP contribution in [0, 0.1) is 11.8 Å². The van der Waals surface area contributed by atoms with Crippen LogP contribution in [0.4, 0.5) is 0 Å². The van der Waals surface area contributed by atoms with Crippen molar-refractivity contribution < 1.29 is 4.42 Å². The fourth-order valence-corrected chi connectivity index (χ4v) is 2.25. The summed E-state index contributed by atoms with van der Waals surface area (Å²) >= 11 is 0. The van der Waals surface area contributed by atoms with Gasteiger partial charge in [0.2, 0.25) is 0 Å². The fourth-order valence-electron chi connectivity index (χ4n) is 2.25. The van der Waals surface area contributed by atoms with E-state index in [2.05, 4.69) is 23.8 Å². The average molecular weight is 247 g/mol. The Balaban J connectivity index is 2.00. The van der Waals surface area contributed by atoms with Gasteiger partial charge in [-0.05, 0) is 43.4 Å². The summed E-state index contributed by atoms with van der Waals surface area (Å²) in [5, 5.41) is 0. The molecule has 0 aliphatic rings. The number of rotatable bonds is 6. The predicted molar refractivity (Wildman–Crippen MR) is 72.1 cm³/mol. The Morgan fingerprint density at radius 3 is 2.83 bits per heavy atom. The highest BCUT2D eigenvalue weighted by molar-refractivity contribution is 5.66. The number of aryl methyl sites for hydroxylation is 1. The minimum Gasteiger partial charge on any atom is -0.439 e. The summed E-state index contributed by atoms with van der Waals surface area (Å²) in [4.78, 5) is 8.57. The van der Waals surface area contributed by atoms with Crippen LogP contribution in [0.5, 0.6) is 0 Å². The zero-order chi connectivity index (χ0) is 13.0. The predicted octanol–water partition coefficient (Wildman–Crippen LogP) is 2.78. The van der Waals surface area contributed by atoms with Gasteiger partial charge >= 0.3 is 0 Å². The molecular weight excluding hydrogens is 226 g/mol. The zero-order valence-electron chi connectivity index (χ0n) is 11.1. The summed E-state index contributed by atoms with van der Waals surface area (Å²) in [6, 6.07) is 3.77. The molecule has 1 atom stereocenters. The first-order valence-corrected chi connectivity index (χ1v) is 6.61. The number of aromatic nitrogens is 2. The minimum atomic E-state index is 0.637. The summed E-state index contributed by atoms with van der Waals surface area (Å²) in [5.74, 6) is 2.07. The van der Waals surface area contributed by atoms with Crippen molar-refractivity contribution in [1.29, 1.82) is 0 Å². The molecule has 4 nitrogen and oxygen atoms in total. The maximum atomic E-state index is 5.67. The monoisotopic (exact) mass is 247 g/mol. The molecule has 0 aliphatic heterocycles. The van der Waals surface area contributed by atoms with Crippen LogP contribution < -0.4 is 5.73 Å². The second-order valence-electron chi connectivity index (χ2n) is 5.05. The third-order valence-electron chi connectivity index (χ3n) is 3.42. The van der Waals surface area contributed by atoms with Crippen molar-refractivity contribution in [1.82, 2.24) is 9.97 Å². The second-order valence-corrected chi connectivity index (χ2v) is 5.05. The third-order valence-corrected chi connectivity index (χ3v) is 3.42. The van der Waals surface area contributed by atoms with Gasteiger partial charge in [-0.3, -0.25) is 0 Å². The number of hydrogen-bond acceptors (Lipinski definition) is 4. The van der Waals surface area contributed by atoms with Crippen molar-refractivity contribution in [2.24, 2.45) is 17.6 Å². The molecule has 2 aromatic heterocycles. The highest BCUT2D eigenvalue weighted by Gasteiger charge is 2.14. The smallest absolute Gasteiger partial charge is 0.198 e. The first-order valence-electron chi connectivity index (χ1n) is 6.61. The lowest BCUT2D eigenvalue weighted by Crippen LogP contribution is -2.15. The van der Waals surface area contributed by atoms with Crippen LogP contribution >= 0.6 is 0 Å². The van der Waals surface area contributed by atoms with Gasteiger partial charge in [0, 0.05) is 12.6 Å². The van der Waals surface area contributed by atoms with Crippen molar-refractivity contribution in [3.05, 3.63) is 24.2 Å². The maximum Gasteiger partial charge on any atom is 0.198 e. The van der Waals surface area contributed by atoms with Crippen LogP contribution in [0.25, 0.3) is 11.2 Å². The van der Waals surface area contributed by atoms with Crippen LogP contribution in [0.3, 0.4) is 0 Å². The third kappa shape index (κ3) is 3.07. The lowest BCUT2D eigenvalue weighted by atomic mass is 9.88. The van der Waals surface area contributed by atoms with E-state index in [0.29, 0.717) is 17.5 Å². The van der Waals surface area contributed by atoms with Gasteiger partial charge < -0.3 is 10.2 Å². The zero-order valence-corrected chi connectivity index (χ0v) is 11.1. The van der Waals surface area contributed by atoms with E-state index < -0.39 is 0 Å². The molecule has 0 fully saturated rings. The van der Waals surface area contributed by atoms with Crippen molar-refractivity contribution >= 4 is 11.2 Å². The molecule has 0 spiro atoms. The van der Waals surface area contributed by atoms with E-state index >= 15 is 0 Å². The number of hydrogen-bond donors (Lipinski definition) is 1. The Morgan fingerprint density at radius 2 is 2.17 bits per heavy atom. The van der Waals surface area contributed by atoms with Crippen molar-refractivity contribution in [2.75, 3.05) is 6.54 Å². The highest BCUT2D eigenvalue weighted by Crippen LogP contribution is 2.22. The van der Waals surface area contributed by atoms with Crippen LogP contribution in [0.15, 0.2) is 22.7 Å². The molecule has 2 rings (SSSR count). The van der Waals surface area contributed by atoms with Crippen LogP contribution in [0.2, 0.25) is 0 Å². The summed E-state index contributed by atoms with van der Waals surface area (Å²) in [7, 11) is 0. The lowest BCUT2D eigenvalue weighted by molar-refractivity contribution is 0.330. The Morgan fingerprint density at radius 1 is 1.33 bits per heavy atom. The summed E-state index contributed by atoms with van der Waals surface area (Å²) in [5.41, 5.74) is 7.12. The number of nitrogens with zero attached hydrogens (tertiary/aromatic N) is 2. The molecule has 0 radical (unpaired) electrons. The van der Waals surface area contributed by atoms with E-state index in [4.69, 9.17) is 10.2 Å². The Labute approximate surface area is 108 Å². The molecule has 1 unspecified atom stereocenters. The summed E-state index contributed by atoms with van der Waals surface area (Å²) in [6.45, 7) is 5.24. The molecule has 98 valence electrons. The van der Waals surface area contributed by atoms with Gasteiger partial charge in [-0.1, -0.05) is 13.8 Å². The molecule has 4 heteroatoms. The molecular formula is C14H21N3O. The number of pyridine rings is 1. The van der Waals surface area contributed by atoms with E-state index in [1.54, 1.807) is 6.20 Å². The quantitative estimate of drug-likeness (QED) is 0.852. The van der Waals surface area contributed by atoms with Gasteiger partial charge in [0.15, 0.2) is 17.1 Å². The highest BCUT2D eigenvalue weighted by atomic mass is 16.3. The first-order chi connectivity index (χ1) is 8.70. The molecule has 2 N–H and O–H groups in total. The fraction of sp³-hybridized carbons (Fsp3) is 0.571. The molecule has 2 heterocycles. The summed E-state index contributed by atoms with van der Waals surface area (Å²) in [6.07, 6.45) is 4.73. The molecule has 0 amide bonds. The number of oxazole rings is 1. The van der Waals surface area contributed by atoms with E-state index in [1.807, 2.05) is 12.1 Å². The van der Waals surface area contributed by atoms with Crippen LogP contribution in [-0.4, -0.2) is 16.5 Å². The van der Waals surface area contributed by atoms with Gasteiger partial charge in [0.25, 0.3) is 0 Å². The lowest BCUT2D eigenvalue weighted by Gasteiger charge is -2.18. The van der Waals surface area contributed by atoms with Gasteiger partial charge in [-0.25, -0.2) is 4.98 Å². The average Bonchev–Trinajstić information content (AvgIpc) is 2.76. The topological polar surface area (TPSA) is 64.9 Å². The van der Waals surface area contributed by atoms with Gasteiger partial charge in [-0.2, -0.15) is 4.98 Å². The van der Waals surface area contributed by atoms with Crippen molar-refractivity contribution in [3.8, 4) is 0 Å². The van der Waals surface area contributed by atoms with Crippen molar-refractivity contribution in [3.63, 3.8) is 0 Å². The Kier molecular flexibility index (Phi) is 4.31. The molecule has 0 aliphatic carbocycles. The van der Waals surface area contributed by atoms with E-state index in [1.165, 1.54) is 0 Å². The van der Waals surface area contributed by atoms with Gasteiger partial charge in [0.1, 0.15) is 0 Å².